The lowest BCUT2D eigenvalue weighted by molar-refractivity contribution is -0.111. The van der Waals surface area contributed by atoms with Crippen LogP contribution in [-0.4, -0.2) is 5.91 Å². The Bertz CT molecular complexity index is 575. The van der Waals surface area contributed by atoms with E-state index in [1.165, 1.54) is 0 Å². The maximum absolute atomic E-state index is 11.7. The SMILES string of the molecule is Cc1cc(NC(=O)/C=C/c2ccsc2)ccc1Br. The number of rotatable bonds is 3. The fourth-order valence-electron chi connectivity index (χ4n) is 1.45. The Hall–Kier alpha value is -1.39. The number of carbonyl (C=O) groups is 1. The van der Waals surface area contributed by atoms with Gasteiger partial charge in [-0.2, -0.15) is 11.3 Å². The number of hydrogen-bond acceptors (Lipinski definition) is 2. The van der Waals surface area contributed by atoms with E-state index >= 15 is 0 Å². The number of carbonyl (C=O) groups excluding carboxylic acids is 1. The van der Waals surface area contributed by atoms with E-state index in [2.05, 4.69) is 21.2 Å². The van der Waals surface area contributed by atoms with Gasteiger partial charge in [0.05, 0.1) is 0 Å². The van der Waals surface area contributed by atoms with Gasteiger partial charge in [-0.15, -0.1) is 0 Å². The highest BCUT2D eigenvalue weighted by molar-refractivity contribution is 9.10. The highest BCUT2D eigenvalue weighted by Gasteiger charge is 2.00. The zero-order chi connectivity index (χ0) is 13.0. The Morgan fingerprint density at radius 3 is 2.89 bits per heavy atom. The summed E-state index contributed by atoms with van der Waals surface area (Å²) in [6.45, 7) is 1.99. The second-order valence-corrected chi connectivity index (χ2v) is 5.48. The number of thiophene rings is 1. The molecule has 0 saturated heterocycles. The van der Waals surface area contributed by atoms with Gasteiger partial charge in [-0.3, -0.25) is 4.79 Å². The lowest BCUT2D eigenvalue weighted by atomic mass is 10.2. The van der Waals surface area contributed by atoms with Crippen molar-refractivity contribution in [2.45, 2.75) is 6.92 Å². The molecule has 0 atom stereocenters. The van der Waals surface area contributed by atoms with Crippen LogP contribution in [0.2, 0.25) is 0 Å². The molecule has 1 N–H and O–H groups in total. The van der Waals surface area contributed by atoms with Gasteiger partial charge in [0.2, 0.25) is 5.91 Å². The van der Waals surface area contributed by atoms with Gasteiger partial charge >= 0.3 is 0 Å². The van der Waals surface area contributed by atoms with Gasteiger partial charge in [0.15, 0.2) is 0 Å². The number of benzene rings is 1. The second kappa shape index (κ2) is 5.98. The second-order valence-electron chi connectivity index (χ2n) is 3.84. The zero-order valence-corrected chi connectivity index (χ0v) is 12.2. The molecule has 0 aliphatic carbocycles. The van der Waals surface area contributed by atoms with Crippen LogP contribution < -0.4 is 5.32 Å². The average Bonchev–Trinajstić information content (AvgIpc) is 2.84. The maximum Gasteiger partial charge on any atom is 0.248 e. The van der Waals surface area contributed by atoms with E-state index in [1.807, 2.05) is 41.9 Å². The maximum atomic E-state index is 11.7. The van der Waals surface area contributed by atoms with Crippen molar-refractivity contribution < 1.29 is 4.79 Å². The lowest BCUT2D eigenvalue weighted by Gasteiger charge is -2.04. The fourth-order valence-corrected chi connectivity index (χ4v) is 2.32. The molecule has 0 fully saturated rings. The van der Waals surface area contributed by atoms with Crippen molar-refractivity contribution in [1.82, 2.24) is 0 Å². The molecule has 0 bridgehead atoms. The van der Waals surface area contributed by atoms with Crippen LogP contribution in [0.5, 0.6) is 0 Å². The molecular formula is C14H12BrNOS. The molecule has 4 heteroatoms. The van der Waals surface area contributed by atoms with Crippen molar-refractivity contribution in [3.8, 4) is 0 Å². The molecule has 0 unspecified atom stereocenters. The van der Waals surface area contributed by atoms with Gasteiger partial charge in [-0.25, -0.2) is 0 Å². The average molecular weight is 322 g/mol. The number of aryl methyl sites for hydroxylation is 1. The van der Waals surface area contributed by atoms with E-state index in [4.69, 9.17) is 0 Å². The summed E-state index contributed by atoms with van der Waals surface area (Å²) in [5.41, 5.74) is 2.94. The van der Waals surface area contributed by atoms with Crippen LogP contribution in [0.25, 0.3) is 6.08 Å². The minimum Gasteiger partial charge on any atom is -0.323 e. The van der Waals surface area contributed by atoms with Crippen molar-refractivity contribution in [3.05, 3.63) is 56.7 Å². The first kappa shape index (κ1) is 13.1. The van der Waals surface area contributed by atoms with Gasteiger partial charge in [-0.1, -0.05) is 15.9 Å². The van der Waals surface area contributed by atoms with E-state index in [0.717, 1.165) is 21.3 Å². The van der Waals surface area contributed by atoms with Gasteiger partial charge in [0.1, 0.15) is 0 Å². The number of nitrogens with one attached hydrogen (secondary N) is 1. The van der Waals surface area contributed by atoms with Crippen LogP contribution >= 0.6 is 27.3 Å². The number of amides is 1. The van der Waals surface area contributed by atoms with Gasteiger partial charge in [-0.05, 0) is 59.2 Å². The first-order valence-electron chi connectivity index (χ1n) is 5.42. The van der Waals surface area contributed by atoms with Crippen LogP contribution in [0.3, 0.4) is 0 Å². The van der Waals surface area contributed by atoms with Crippen LogP contribution in [-0.2, 0) is 4.79 Å². The van der Waals surface area contributed by atoms with Crippen molar-refractivity contribution in [2.24, 2.45) is 0 Å². The third-order valence-corrected chi connectivity index (χ3v) is 3.99. The monoisotopic (exact) mass is 321 g/mol. The van der Waals surface area contributed by atoms with E-state index in [9.17, 15) is 4.79 Å². The molecule has 1 aromatic carbocycles. The molecular weight excluding hydrogens is 310 g/mol. The highest BCUT2D eigenvalue weighted by atomic mass is 79.9. The van der Waals surface area contributed by atoms with E-state index in [1.54, 1.807) is 23.5 Å². The molecule has 18 heavy (non-hydrogen) atoms. The summed E-state index contributed by atoms with van der Waals surface area (Å²) >= 11 is 5.04. The minimum absolute atomic E-state index is 0.122. The predicted octanol–water partition coefficient (Wildman–Crippen LogP) is 4.47. The molecule has 92 valence electrons. The molecule has 2 aromatic rings. The van der Waals surface area contributed by atoms with Crippen LogP contribution in [0.4, 0.5) is 5.69 Å². The van der Waals surface area contributed by atoms with E-state index in [-0.39, 0.29) is 5.91 Å². The smallest absolute Gasteiger partial charge is 0.248 e. The minimum atomic E-state index is -0.122. The molecule has 1 amide bonds. The molecule has 0 spiro atoms. The first-order valence-corrected chi connectivity index (χ1v) is 7.16. The standard InChI is InChI=1S/C14H12BrNOS/c1-10-8-12(3-4-13(10)15)16-14(17)5-2-11-6-7-18-9-11/h2-9H,1H3,(H,16,17)/b5-2+. The summed E-state index contributed by atoms with van der Waals surface area (Å²) in [6.07, 6.45) is 3.34. The van der Waals surface area contributed by atoms with Gasteiger partial charge < -0.3 is 5.32 Å². The Labute approximate surface area is 118 Å². The number of anilines is 1. The summed E-state index contributed by atoms with van der Waals surface area (Å²) < 4.78 is 1.04. The molecule has 1 aromatic heterocycles. The lowest BCUT2D eigenvalue weighted by Crippen LogP contribution is -2.07. The highest BCUT2D eigenvalue weighted by Crippen LogP contribution is 2.20. The predicted molar refractivity (Wildman–Crippen MR) is 80.9 cm³/mol. The molecule has 0 saturated carbocycles. The van der Waals surface area contributed by atoms with E-state index < -0.39 is 0 Å². The van der Waals surface area contributed by atoms with Crippen LogP contribution in [0.1, 0.15) is 11.1 Å². The molecule has 1 heterocycles. The third-order valence-electron chi connectivity index (χ3n) is 2.40. The van der Waals surface area contributed by atoms with Gasteiger partial charge in [0, 0.05) is 16.2 Å². The zero-order valence-electron chi connectivity index (χ0n) is 9.81. The molecule has 2 rings (SSSR count). The molecule has 0 aliphatic rings. The third kappa shape index (κ3) is 3.55. The van der Waals surface area contributed by atoms with Crippen LogP contribution in [0, 0.1) is 6.92 Å². The fraction of sp³-hybridized carbons (Fsp3) is 0.0714. The normalized spacial score (nSPS) is 10.8. The Morgan fingerprint density at radius 1 is 1.39 bits per heavy atom. The Balaban J connectivity index is 2.01. The number of hydrogen-bond donors (Lipinski definition) is 1. The Morgan fingerprint density at radius 2 is 2.22 bits per heavy atom. The van der Waals surface area contributed by atoms with E-state index in [0.29, 0.717) is 0 Å². The topological polar surface area (TPSA) is 29.1 Å². The molecule has 0 aliphatic heterocycles. The Kier molecular flexibility index (Phi) is 4.33. The molecule has 2 nitrogen and oxygen atoms in total. The van der Waals surface area contributed by atoms with Crippen molar-refractivity contribution in [2.75, 3.05) is 5.32 Å². The summed E-state index contributed by atoms with van der Waals surface area (Å²) in [6, 6.07) is 7.69. The van der Waals surface area contributed by atoms with Crippen molar-refractivity contribution in [1.29, 1.82) is 0 Å². The van der Waals surface area contributed by atoms with Gasteiger partial charge in [0.25, 0.3) is 0 Å². The van der Waals surface area contributed by atoms with Crippen LogP contribution in [0.15, 0.2) is 45.6 Å². The largest absolute Gasteiger partial charge is 0.323 e. The summed E-state index contributed by atoms with van der Waals surface area (Å²) in [7, 11) is 0. The first-order chi connectivity index (χ1) is 8.65. The summed E-state index contributed by atoms with van der Waals surface area (Å²) in [5.74, 6) is -0.122. The summed E-state index contributed by atoms with van der Waals surface area (Å²) in [4.78, 5) is 11.7. The molecule has 0 radical (unpaired) electrons. The number of halogens is 1. The van der Waals surface area contributed by atoms with Crippen molar-refractivity contribution >= 4 is 44.9 Å². The van der Waals surface area contributed by atoms with Crippen molar-refractivity contribution in [3.63, 3.8) is 0 Å². The quantitative estimate of drug-likeness (QED) is 0.830. The summed E-state index contributed by atoms with van der Waals surface area (Å²) in [5, 5.41) is 6.80.